The number of likely N-dealkylation sites (N-methyl/N-ethyl adjacent to an activating group) is 1. The van der Waals surface area contributed by atoms with Gasteiger partial charge in [0, 0.05) is 49.7 Å². The molecule has 7 nitrogen and oxygen atoms in total. The highest BCUT2D eigenvalue weighted by atomic mass is 35.5. The molecule has 176 valence electrons. The molecule has 0 radical (unpaired) electrons. The lowest BCUT2D eigenvalue weighted by molar-refractivity contribution is -0.125. The summed E-state index contributed by atoms with van der Waals surface area (Å²) in [6.45, 7) is 2.54. The van der Waals surface area contributed by atoms with E-state index in [0.717, 1.165) is 22.9 Å². The smallest absolute Gasteiger partial charge is 0.410 e. The van der Waals surface area contributed by atoms with Crippen molar-refractivity contribution in [1.29, 1.82) is 5.41 Å². The van der Waals surface area contributed by atoms with Gasteiger partial charge in [0.1, 0.15) is 5.75 Å². The number of ether oxygens (including phenoxy) is 1. The molecule has 10 heteroatoms. The van der Waals surface area contributed by atoms with Gasteiger partial charge in [-0.1, -0.05) is 42.1 Å². The number of nitrogens with one attached hydrogen (secondary N) is 2. The molecular weight excluding hydrogens is 480 g/mol. The zero-order valence-electron chi connectivity index (χ0n) is 18.7. The third kappa shape index (κ3) is 7.73. The van der Waals surface area contributed by atoms with Crippen molar-refractivity contribution >= 4 is 59.2 Å². The first-order chi connectivity index (χ1) is 15.8. The van der Waals surface area contributed by atoms with E-state index in [4.69, 9.17) is 21.7 Å². The summed E-state index contributed by atoms with van der Waals surface area (Å²) in [6, 6.07) is 14.7. The summed E-state index contributed by atoms with van der Waals surface area (Å²) in [5, 5.41) is 10.1. The molecule has 0 aliphatic rings. The summed E-state index contributed by atoms with van der Waals surface area (Å²) in [7, 11) is 3.52. The molecule has 2 amide bonds. The second-order valence-electron chi connectivity index (χ2n) is 7.01. The lowest BCUT2D eigenvalue weighted by atomic mass is 10.2. The van der Waals surface area contributed by atoms with Crippen LogP contribution < -0.4 is 15.0 Å². The molecule has 0 fully saturated rings. The summed E-state index contributed by atoms with van der Waals surface area (Å²) in [5.41, 5.74) is 3.41. The summed E-state index contributed by atoms with van der Waals surface area (Å²) in [6.07, 6.45) is -0.610. The number of allylic oxidation sites excluding steroid dienone is 1. The minimum absolute atomic E-state index is 0.203. The molecule has 0 bridgehead atoms. The Balaban J connectivity index is 2.29. The van der Waals surface area contributed by atoms with Crippen molar-refractivity contribution in [3.63, 3.8) is 0 Å². The van der Waals surface area contributed by atoms with Gasteiger partial charge in [-0.3, -0.25) is 4.79 Å². The highest BCUT2D eigenvalue weighted by molar-refractivity contribution is 8.16. The quantitative estimate of drug-likeness (QED) is 0.139. The van der Waals surface area contributed by atoms with Crippen molar-refractivity contribution in [2.75, 3.05) is 31.4 Å². The lowest BCUT2D eigenvalue weighted by Crippen LogP contribution is -2.30. The molecule has 2 N–H and O–H groups in total. The molecule has 0 heterocycles. The Bertz CT molecular complexity index is 1020. The zero-order valence-corrected chi connectivity index (χ0v) is 21.1. The molecule has 0 aliphatic carbocycles. The molecule has 2 rings (SSSR count). The first-order valence-corrected chi connectivity index (χ1v) is 11.9. The van der Waals surface area contributed by atoms with Gasteiger partial charge in [-0.2, -0.15) is 0 Å². The second kappa shape index (κ2) is 13.2. The van der Waals surface area contributed by atoms with E-state index >= 15 is 0 Å². The van der Waals surface area contributed by atoms with Crippen molar-refractivity contribution in [2.45, 2.75) is 18.4 Å². The molecule has 0 aliphatic heterocycles. The maximum Gasteiger partial charge on any atom is 0.412 e. The monoisotopic (exact) mass is 506 g/mol. The highest BCUT2D eigenvalue weighted by Gasteiger charge is 2.21. The number of carbonyl (C=O) groups is 2. The maximum absolute atomic E-state index is 13.2. The molecule has 2 aromatic rings. The van der Waals surface area contributed by atoms with Crippen LogP contribution in [0.5, 0.6) is 5.75 Å². The van der Waals surface area contributed by atoms with Gasteiger partial charge in [0.25, 0.3) is 5.91 Å². The number of rotatable bonds is 10. The minimum Gasteiger partial charge on any atom is -0.410 e. The SMILES string of the molecule is C/C(=C(\SC=N)C(=O)N(C)Cc1ccccc1)N(C)c1cc(OC(=O)NCCCl)ccc1S. The van der Waals surface area contributed by atoms with Crippen LogP contribution in [0.15, 0.2) is 64.0 Å². The number of anilines is 1. The van der Waals surface area contributed by atoms with Gasteiger partial charge in [-0.25, -0.2) is 4.79 Å². The number of alkyl halides is 1. The number of carbonyl (C=O) groups excluding carboxylic acids is 2. The van der Waals surface area contributed by atoms with Gasteiger partial charge in [0.2, 0.25) is 0 Å². The molecule has 0 unspecified atom stereocenters. The van der Waals surface area contributed by atoms with Crippen molar-refractivity contribution in [3.8, 4) is 5.75 Å². The molecule has 0 aromatic heterocycles. The van der Waals surface area contributed by atoms with Crippen molar-refractivity contribution < 1.29 is 14.3 Å². The minimum atomic E-state index is -0.610. The van der Waals surface area contributed by atoms with E-state index < -0.39 is 6.09 Å². The Morgan fingerprint density at radius 3 is 2.55 bits per heavy atom. The normalized spacial score (nSPS) is 11.3. The van der Waals surface area contributed by atoms with Crippen LogP contribution in [0.4, 0.5) is 10.5 Å². The van der Waals surface area contributed by atoms with E-state index in [9.17, 15) is 9.59 Å². The van der Waals surface area contributed by atoms with Crippen molar-refractivity contribution in [1.82, 2.24) is 10.2 Å². The molecule has 2 aromatic carbocycles. The third-order valence-corrected chi connectivity index (χ3v) is 6.09. The number of amides is 2. The van der Waals surface area contributed by atoms with Gasteiger partial charge in [-0.15, -0.1) is 24.2 Å². The van der Waals surface area contributed by atoms with Crippen LogP contribution in [0.25, 0.3) is 0 Å². The van der Waals surface area contributed by atoms with Gasteiger partial charge >= 0.3 is 6.09 Å². The number of hydrogen-bond donors (Lipinski definition) is 3. The molecular formula is C23H27ClN4O3S2. The van der Waals surface area contributed by atoms with Crippen LogP contribution in [0.1, 0.15) is 12.5 Å². The Morgan fingerprint density at radius 1 is 1.21 bits per heavy atom. The van der Waals surface area contributed by atoms with Crippen LogP contribution in [0, 0.1) is 5.41 Å². The van der Waals surface area contributed by atoms with E-state index in [-0.39, 0.29) is 11.8 Å². The topological polar surface area (TPSA) is 85.7 Å². The van der Waals surface area contributed by atoms with Crippen LogP contribution in [-0.2, 0) is 11.3 Å². The summed E-state index contributed by atoms with van der Waals surface area (Å²) < 4.78 is 5.30. The van der Waals surface area contributed by atoms with E-state index in [1.54, 1.807) is 49.0 Å². The Labute approximate surface area is 209 Å². The Kier molecular flexibility index (Phi) is 10.6. The lowest BCUT2D eigenvalue weighted by Gasteiger charge is -2.26. The first-order valence-electron chi connectivity index (χ1n) is 10.0. The largest absolute Gasteiger partial charge is 0.412 e. The standard InChI is InChI=1S/C23H27ClN4O3S2/c1-16(21(33-15-25)22(29)27(2)14-17-7-5-4-6-8-17)28(3)19-13-18(9-10-20(19)32)31-23(30)26-12-11-24/h4-10,13,15,25,32H,11-12,14H2,1-3H3,(H,26,30)/b21-16+,25-15?. The predicted molar refractivity (Wildman–Crippen MR) is 139 cm³/mol. The van der Waals surface area contributed by atoms with E-state index in [1.807, 2.05) is 30.3 Å². The summed E-state index contributed by atoms with van der Waals surface area (Å²) in [5.74, 6) is 0.400. The second-order valence-corrected chi connectivity index (χ2v) is 8.75. The van der Waals surface area contributed by atoms with Crippen molar-refractivity contribution in [2.24, 2.45) is 0 Å². The van der Waals surface area contributed by atoms with E-state index in [1.165, 1.54) is 0 Å². The summed E-state index contributed by atoms with van der Waals surface area (Å²) >= 11 is 11.1. The number of thiol groups is 1. The van der Waals surface area contributed by atoms with Gasteiger partial charge in [0.15, 0.2) is 0 Å². The fourth-order valence-corrected chi connectivity index (χ4v) is 3.98. The molecule has 0 saturated heterocycles. The average molecular weight is 507 g/mol. The number of hydrogen-bond acceptors (Lipinski definition) is 7. The fourth-order valence-electron chi connectivity index (χ4n) is 2.91. The number of thioether (sulfide) groups is 1. The zero-order chi connectivity index (χ0) is 24.4. The summed E-state index contributed by atoms with van der Waals surface area (Å²) in [4.78, 5) is 29.5. The van der Waals surface area contributed by atoms with E-state index in [2.05, 4.69) is 17.9 Å². The Morgan fingerprint density at radius 2 is 1.91 bits per heavy atom. The molecule has 0 spiro atoms. The third-order valence-electron chi connectivity index (χ3n) is 4.69. The average Bonchev–Trinajstić information content (AvgIpc) is 2.81. The molecule has 0 atom stereocenters. The Hall–Kier alpha value is -2.62. The van der Waals surface area contributed by atoms with Gasteiger partial charge in [-0.05, 0) is 24.6 Å². The first kappa shape index (κ1) is 26.6. The van der Waals surface area contributed by atoms with Gasteiger partial charge < -0.3 is 25.3 Å². The van der Waals surface area contributed by atoms with Crippen LogP contribution >= 0.6 is 36.0 Å². The number of nitrogens with zero attached hydrogens (tertiary/aromatic N) is 2. The predicted octanol–water partition coefficient (Wildman–Crippen LogP) is 4.97. The van der Waals surface area contributed by atoms with Crippen LogP contribution in [0.2, 0.25) is 0 Å². The molecule has 33 heavy (non-hydrogen) atoms. The maximum atomic E-state index is 13.2. The van der Waals surface area contributed by atoms with Gasteiger partial charge in [0.05, 0.1) is 16.1 Å². The number of halogens is 1. The molecule has 0 saturated carbocycles. The van der Waals surface area contributed by atoms with Crippen molar-refractivity contribution in [3.05, 3.63) is 64.7 Å². The van der Waals surface area contributed by atoms with E-state index in [0.29, 0.717) is 40.0 Å². The highest BCUT2D eigenvalue weighted by Crippen LogP contribution is 2.33. The van der Waals surface area contributed by atoms with Crippen LogP contribution in [-0.4, -0.2) is 49.0 Å². The number of benzene rings is 2. The fraction of sp³-hybridized carbons (Fsp3) is 0.261. The van der Waals surface area contributed by atoms with Crippen LogP contribution in [0.3, 0.4) is 0 Å².